The van der Waals surface area contributed by atoms with Crippen molar-refractivity contribution in [1.82, 2.24) is 4.98 Å². The summed E-state index contributed by atoms with van der Waals surface area (Å²) < 4.78 is 12.8. The molecule has 1 aromatic heterocycles. The highest BCUT2D eigenvalue weighted by molar-refractivity contribution is 5.07. The summed E-state index contributed by atoms with van der Waals surface area (Å²) in [6, 6.07) is 2.92. The lowest BCUT2D eigenvalue weighted by atomic mass is 10.2. The molecule has 1 atom stereocenters. The van der Waals surface area contributed by atoms with Crippen LogP contribution in [0, 0.1) is 5.82 Å². The first-order chi connectivity index (χ1) is 5.20. The highest BCUT2D eigenvalue weighted by Gasteiger charge is 2.03. The van der Waals surface area contributed by atoms with E-state index in [1.165, 1.54) is 6.07 Å². The molecule has 0 spiro atoms. The Kier molecular flexibility index (Phi) is 2.54. The molecule has 11 heavy (non-hydrogen) atoms. The van der Waals surface area contributed by atoms with Gasteiger partial charge in [0.05, 0.1) is 5.69 Å². The standard InChI is InChI=1S/C8H11FN2/c1-6(10)5-8-7(9)3-2-4-11-8/h2-4,6H,5,10H2,1H3. The predicted octanol–water partition coefficient (Wildman–Crippen LogP) is 1.11. The predicted molar refractivity (Wildman–Crippen MR) is 41.5 cm³/mol. The Morgan fingerprint density at radius 2 is 2.45 bits per heavy atom. The van der Waals surface area contributed by atoms with E-state index in [9.17, 15) is 4.39 Å². The van der Waals surface area contributed by atoms with Gasteiger partial charge in [0.15, 0.2) is 0 Å². The molecule has 0 fully saturated rings. The monoisotopic (exact) mass is 154 g/mol. The Labute approximate surface area is 65.3 Å². The molecule has 2 nitrogen and oxygen atoms in total. The average Bonchev–Trinajstić information content (AvgIpc) is 1.93. The van der Waals surface area contributed by atoms with Crippen LogP contribution in [0.3, 0.4) is 0 Å². The summed E-state index contributed by atoms with van der Waals surface area (Å²) in [5, 5.41) is 0. The van der Waals surface area contributed by atoms with Gasteiger partial charge >= 0.3 is 0 Å². The summed E-state index contributed by atoms with van der Waals surface area (Å²) in [4.78, 5) is 3.86. The Morgan fingerprint density at radius 1 is 1.73 bits per heavy atom. The summed E-state index contributed by atoms with van der Waals surface area (Å²) in [5.74, 6) is -0.273. The second-order valence-corrected chi connectivity index (χ2v) is 2.61. The maximum absolute atomic E-state index is 12.8. The molecule has 3 heteroatoms. The lowest BCUT2D eigenvalue weighted by molar-refractivity contribution is 0.583. The van der Waals surface area contributed by atoms with Crippen LogP contribution >= 0.6 is 0 Å². The molecule has 1 unspecified atom stereocenters. The van der Waals surface area contributed by atoms with E-state index in [0.717, 1.165) is 0 Å². The fourth-order valence-electron chi connectivity index (χ4n) is 0.874. The van der Waals surface area contributed by atoms with E-state index in [-0.39, 0.29) is 11.9 Å². The molecule has 0 aliphatic heterocycles. The van der Waals surface area contributed by atoms with E-state index in [2.05, 4.69) is 4.98 Å². The van der Waals surface area contributed by atoms with Crippen LogP contribution in [-0.4, -0.2) is 11.0 Å². The summed E-state index contributed by atoms with van der Waals surface area (Å²) in [5.41, 5.74) is 5.93. The number of nitrogens with zero attached hydrogens (tertiary/aromatic N) is 1. The normalized spacial score (nSPS) is 13.0. The first-order valence-corrected chi connectivity index (χ1v) is 3.55. The van der Waals surface area contributed by atoms with Gasteiger partial charge in [0.25, 0.3) is 0 Å². The van der Waals surface area contributed by atoms with Gasteiger partial charge in [-0.1, -0.05) is 0 Å². The largest absolute Gasteiger partial charge is 0.328 e. The number of nitrogens with two attached hydrogens (primary N) is 1. The lowest BCUT2D eigenvalue weighted by Crippen LogP contribution is -2.19. The highest BCUT2D eigenvalue weighted by atomic mass is 19.1. The van der Waals surface area contributed by atoms with E-state index < -0.39 is 0 Å². The maximum atomic E-state index is 12.8. The van der Waals surface area contributed by atoms with Crippen molar-refractivity contribution in [2.45, 2.75) is 19.4 Å². The zero-order chi connectivity index (χ0) is 8.27. The SMILES string of the molecule is CC(N)Cc1ncccc1F. The van der Waals surface area contributed by atoms with E-state index in [1.807, 2.05) is 6.92 Å². The third-order valence-corrected chi connectivity index (χ3v) is 1.35. The molecule has 0 aliphatic rings. The van der Waals surface area contributed by atoms with Gasteiger partial charge < -0.3 is 5.73 Å². The van der Waals surface area contributed by atoms with Crippen LogP contribution in [0.15, 0.2) is 18.3 Å². The average molecular weight is 154 g/mol. The van der Waals surface area contributed by atoms with Crippen LogP contribution in [0.5, 0.6) is 0 Å². The molecule has 0 radical (unpaired) electrons. The van der Waals surface area contributed by atoms with Gasteiger partial charge in [0, 0.05) is 18.7 Å². The quantitative estimate of drug-likeness (QED) is 0.693. The smallest absolute Gasteiger partial charge is 0.144 e. The van der Waals surface area contributed by atoms with Gasteiger partial charge in [-0.3, -0.25) is 4.98 Å². The lowest BCUT2D eigenvalue weighted by Gasteiger charge is -2.03. The fraction of sp³-hybridized carbons (Fsp3) is 0.375. The molecule has 1 rings (SSSR count). The van der Waals surface area contributed by atoms with Crippen molar-refractivity contribution in [2.24, 2.45) is 5.73 Å². The van der Waals surface area contributed by atoms with Crippen molar-refractivity contribution in [3.05, 3.63) is 29.8 Å². The molecule has 0 aliphatic carbocycles. The van der Waals surface area contributed by atoms with Crippen LogP contribution < -0.4 is 5.73 Å². The first kappa shape index (κ1) is 8.14. The van der Waals surface area contributed by atoms with Gasteiger partial charge in [-0.15, -0.1) is 0 Å². The number of pyridine rings is 1. The minimum Gasteiger partial charge on any atom is -0.328 e. The Balaban J connectivity index is 2.78. The van der Waals surface area contributed by atoms with Crippen molar-refractivity contribution in [3.8, 4) is 0 Å². The number of hydrogen-bond donors (Lipinski definition) is 1. The Bertz CT molecular complexity index is 235. The van der Waals surface area contributed by atoms with Crippen LogP contribution in [0.1, 0.15) is 12.6 Å². The Morgan fingerprint density at radius 3 is 3.00 bits per heavy atom. The fourth-order valence-corrected chi connectivity index (χ4v) is 0.874. The molecule has 0 saturated heterocycles. The zero-order valence-corrected chi connectivity index (χ0v) is 6.42. The highest BCUT2D eigenvalue weighted by Crippen LogP contribution is 2.03. The Hall–Kier alpha value is -0.960. The number of rotatable bonds is 2. The van der Waals surface area contributed by atoms with Crippen LogP contribution in [0.4, 0.5) is 4.39 Å². The summed E-state index contributed by atoms with van der Waals surface area (Å²) >= 11 is 0. The topological polar surface area (TPSA) is 38.9 Å². The van der Waals surface area contributed by atoms with E-state index in [4.69, 9.17) is 5.73 Å². The molecule has 0 saturated carbocycles. The molecule has 2 N–H and O–H groups in total. The minimum atomic E-state index is -0.273. The summed E-state index contributed by atoms with van der Waals surface area (Å²) in [6.45, 7) is 1.83. The van der Waals surface area contributed by atoms with Crippen molar-refractivity contribution >= 4 is 0 Å². The number of hydrogen-bond acceptors (Lipinski definition) is 2. The van der Waals surface area contributed by atoms with Crippen LogP contribution in [0.25, 0.3) is 0 Å². The summed E-state index contributed by atoms with van der Waals surface area (Å²) in [6.07, 6.45) is 2.06. The molecule has 0 aromatic carbocycles. The second-order valence-electron chi connectivity index (χ2n) is 2.61. The van der Waals surface area contributed by atoms with Gasteiger partial charge in [-0.2, -0.15) is 0 Å². The van der Waals surface area contributed by atoms with Gasteiger partial charge in [-0.05, 0) is 19.1 Å². The van der Waals surface area contributed by atoms with Gasteiger partial charge in [-0.25, -0.2) is 4.39 Å². The van der Waals surface area contributed by atoms with Crippen molar-refractivity contribution in [1.29, 1.82) is 0 Å². The second kappa shape index (κ2) is 3.44. The number of halogens is 1. The van der Waals surface area contributed by atoms with Crippen molar-refractivity contribution in [3.63, 3.8) is 0 Å². The van der Waals surface area contributed by atoms with Gasteiger partial charge in [0.2, 0.25) is 0 Å². The third-order valence-electron chi connectivity index (χ3n) is 1.35. The molecule has 0 bridgehead atoms. The van der Waals surface area contributed by atoms with Crippen LogP contribution in [-0.2, 0) is 6.42 Å². The van der Waals surface area contributed by atoms with E-state index in [1.54, 1.807) is 12.3 Å². The summed E-state index contributed by atoms with van der Waals surface area (Å²) in [7, 11) is 0. The van der Waals surface area contributed by atoms with Crippen molar-refractivity contribution < 1.29 is 4.39 Å². The van der Waals surface area contributed by atoms with E-state index >= 15 is 0 Å². The third kappa shape index (κ3) is 2.27. The zero-order valence-electron chi connectivity index (χ0n) is 6.42. The maximum Gasteiger partial charge on any atom is 0.144 e. The van der Waals surface area contributed by atoms with Crippen molar-refractivity contribution in [2.75, 3.05) is 0 Å². The van der Waals surface area contributed by atoms with Gasteiger partial charge in [0.1, 0.15) is 5.82 Å². The number of aromatic nitrogens is 1. The molecule has 1 aromatic rings. The minimum absolute atomic E-state index is 0.0422. The molecular weight excluding hydrogens is 143 g/mol. The van der Waals surface area contributed by atoms with Crippen LogP contribution in [0.2, 0.25) is 0 Å². The van der Waals surface area contributed by atoms with E-state index in [0.29, 0.717) is 12.1 Å². The molecule has 60 valence electrons. The molecule has 0 amide bonds. The first-order valence-electron chi connectivity index (χ1n) is 3.55. The molecular formula is C8H11FN2. The molecule has 1 heterocycles.